The number of hydrogen-bond donors (Lipinski definition) is 2. The van der Waals surface area contributed by atoms with Crippen LogP contribution in [0.3, 0.4) is 0 Å². The fourth-order valence-electron chi connectivity index (χ4n) is 2.00. The molecule has 0 unspecified atom stereocenters. The van der Waals surface area contributed by atoms with Crippen molar-refractivity contribution in [2.75, 3.05) is 10.6 Å². The molecule has 0 fully saturated rings. The van der Waals surface area contributed by atoms with Crippen LogP contribution in [0.2, 0.25) is 0 Å². The third-order valence-electron chi connectivity index (χ3n) is 2.99. The number of hydrogen-bond acceptors (Lipinski definition) is 3. The number of nitrogens with zero attached hydrogens (tertiary/aromatic N) is 1. The normalized spacial score (nSPS) is 12.8. The highest BCUT2D eigenvalue weighted by molar-refractivity contribution is 6.11. The molecule has 0 aliphatic carbocycles. The fourth-order valence-corrected chi connectivity index (χ4v) is 2.00. The van der Waals surface area contributed by atoms with E-state index in [2.05, 4.69) is 22.5 Å². The molecule has 2 aromatic rings. The Morgan fingerprint density at radius 2 is 1.89 bits per heavy atom. The zero-order valence-electron chi connectivity index (χ0n) is 10.0. The average Bonchev–Trinajstić information content (AvgIpc) is 2.54. The first-order chi connectivity index (χ1) is 8.78. The van der Waals surface area contributed by atoms with Gasteiger partial charge in [0.15, 0.2) is 5.82 Å². The van der Waals surface area contributed by atoms with Crippen LogP contribution >= 0.6 is 0 Å². The summed E-state index contributed by atoms with van der Waals surface area (Å²) in [6, 6.07) is 11.2. The highest BCUT2D eigenvalue weighted by Gasteiger charge is 2.19. The number of carbonyl (C=O) groups excluding carboxylic acids is 1. The van der Waals surface area contributed by atoms with Gasteiger partial charge < -0.3 is 10.6 Å². The minimum Gasteiger partial charge on any atom is -0.338 e. The molecule has 90 valence electrons. The third-order valence-corrected chi connectivity index (χ3v) is 2.99. The molecule has 18 heavy (non-hydrogen) atoms. The van der Waals surface area contributed by atoms with Crippen molar-refractivity contribution in [3.05, 3.63) is 47.7 Å². The van der Waals surface area contributed by atoms with Crippen molar-refractivity contribution in [2.45, 2.75) is 13.3 Å². The van der Waals surface area contributed by atoms with Crippen molar-refractivity contribution in [3.8, 4) is 0 Å². The first-order valence-electron chi connectivity index (χ1n) is 5.95. The quantitative estimate of drug-likeness (QED) is 0.804. The molecule has 0 atom stereocenters. The van der Waals surface area contributed by atoms with Crippen LogP contribution in [-0.4, -0.2) is 10.9 Å². The van der Waals surface area contributed by atoms with E-state index in [1.165, 1.54) is 0 Å². The maximum absolute atomic E-state index is 12.0. The van der Waals surface area contributed by atoms with Gasteiger partial charge in [-0.15, -0.1) is 0 Å². The van der Waals surface area contributed by atoms with E-state index in [-0.39, 0.29) is 5.91 Å². The molecule has 0 spiro atoms. The Hall–Kier alpha value is -2.36. The Kier molecular flexibility index (Phi) is 2.48. The zero-order valence-corrected chi connectivity index (χ0v) is 10.0. The van der Waals surface area contributed by atoms with E-state index in [0.717, 1.165) is 17.8 Å². The number of benzene rings is 1. The van der Waals surface area contributed by atoms with Crippen molar-refractivity contribution in [1.82, 2.24) is 4.98 Å². The van der Waals surface area contributed by atoms with Crippen LogP contribution in [0, 0.1) is 0 Å². The van der Waals surface area contributed by atoms with Crippen molar-refractivity contribution >= 4 is 23.1 Å². The number of pyridine rings is 1. The number of fused-ring (bicyclic) bond motifs is 2. The molecule has 2 N–H and O–H groups in total. The number of aryl methyl sites for hydroxylation is 1. The van der Waals surface area contributed by atoms with Crippen molar-refractivity contribution < 1.29 is 4.79 Å². The summed E-state index contributed by atoms with van der Waals surface area (Å²) >= 11 is 0. The van der Waals surface area contributed by atoms with Crippen LogP contribution < -0.4 is 10.6 Å². The number of amides is 1. The number of para-hydroxylation sites is 1. The summed E-state index contributed by atoms with van der Waals surface area (Å²) in [5, 5.41) is 6.08. The van der Waals surface area contributed by atoms with Gasteiger partial charge in [0.1, 0.15) is 0 Å². The summed E-state index contributed by atoms with van der Waals surface area (Å²) in [4.78, 5) is 16.5. The lowest BCUT2D eigenvalue weighted by atomic mass is 10.1. The number of aromatic nitrogens is 1. The molecule has 0 saturated carbocycles. The molecule has 0 bridgehead atoms. The molecule has 3 rings (SSSR count). The lowest BCUT2D eigenvalue weighted by Gasteiger charge is -2.08. The second kappa shape index (κ2) is 4.14. The van der Waals surface area contributed by atoms with Crippen LogP contribution in [0.1, 0.15) is 23.0 Å². The topological polar surface area (TPSA) is 54.0 Å². The SMILES string of the molecule is CCc1ccc2c(n1)Nc1ccccc1C(=O)N2. The summed E-state index contributed by atoms with van der Waals surface area (Å²) < 4.78 is 0. The summed E-state index contributed by atoms with van der Waals surface area (Å²) in [5.41, 5.74) is 3.13. The van der Waals surface area contributed by atoms with E-state index in [1.807, 2.05) is 30.3 Å². The lowest BCUT2D eigenvalue weighted by molar-refractivity contribution is 0.102. The monoisotopic (exact) mass is 239 g/mol. The third kappa shape index (κ3) is 1.72. The summed E-state index contributed by atoms with van der Waals surface area (Å²) in [7, 11) is 0. The smallest absolute Gasteiger partial charge is 0.257 e. The number of rotatable bonds is 1. The molecular formula is C14H13N3O. The molecule has 4 heteroatoms. The van der Waals surface area contributed by atoms with E-state index >= 15 is 0 Å². The maximum atomic E-state index is 12.0. The molecule has 1 aromatic heterocycles. The van der Waals surface area contributed by atoms with Crippen LogP contribution in [0.15, 0.2) is 36.4 Å². The van der Waals surface area contributed by atoms with Gasteiger partial charge in [-0.25, -0.2) is 4.98 Å². The van der Waals surface area contributed by atoms with Gasteiger partial charge >= 0.3 is 0 Å². The Labute approximate surface area is 105 Å². The number of anilines is 3. The minimum absolute atomic E-state index is 0.108. The summed E-state index contributed by atoms with van der Waals surface area (Å²) in [6.07, 6.45) is 0.866. The molecule has 2 heterocycles. The summed E-state index contributed by atoms with van der Waals surface area (Å²) in [6.45, 7) is 2.05. The number of carbonyl (C=O) groups is 1. The van der Waals surface area contributed by atoms with Crippen LogP contribution in [0.5, 0.6) is 0 Å². The van der Waals surface area contributed by atoms with Crippen molar-refractivity contribution in [1.29, 1.82) is 0 Å². The first-order valence-corrected chi connectivity index (χ1v) is 5.95. The van der Waals surface area contributed by atoms with E-state index in [1.54, 1.807) is 6.07 Å². The van der Waals surface area contributed by atoms with E-state index in [9.17, 15) is 4.79 Å². The van der Waals surface area contributed by atoms with Gasteiger partial charge in [-0.3, -0.25) is 4.79 Å². The highest BCUT2D eigenvalue weighted by atomic mass is 16.1. The Morgan fingerprint density at radius 1 is 1.06 bits per heavy atom. The molecule has 1 aliphatic heterocycles. The second-order valence-electron chi connectivity index (χ2n) is 4.18. The molecule has 0 radical (unpaired) electrons. The van der Waals surface area contributed by atoms with Crippen molar-refractivity contribution in [3.63, 3.8) is 0 Å². The van der Waals surface area contributed by atoms with Crippen LogP contribution in [-0.2, 0) is 6.42 Å². The van der Waals surface area contributed by atoms with Gasteiger partial charge in [-0.2, -0.15) is 0 Å². The fraction of sp³-hybridized carbons (Fsp3) is 0.143. The molecule has 1 amide bonds. The van der Waals surface area contributed by atoms with Gasteiger partial charge in [0.25, 0.3) is 5.91 Å². The van der Waals surface area contributed by atoms with Gasteiger partial charge in [0.2, 0.25) is 0 Å². The van der Waals surface area contributed by atoms with Gasteiger partial charge in [0.05, 0.1) is 16.9 Å². The van der Waals surface area contributed by atoms with Gasteiger partial charge in [0, 0.05) is 5.69 Å². The predicted molar refractivity (Wildman–Crippen MR) is 71.3 cm³/mol. The second-order valence-corrected chi connectivity index (χ2v) is 4.18. The van der Waals surface area contributed by atoms with Crippen LogP contribution in [0.25, 0.3) is 0 Å². The average molecular weight is 239 g/mol. The molecular weight excluding hydrogens is 226 g/mol. The van der Waals surface area contributed by atoms with Crippen molar-refractivity contribution in [2.24, 2.45) is 0 Å². The predicted octanol–water partition coefficient (Wildman–Crippen LogP) is 2.95. The lowest BCUT2D eigenvalue weighted by Crippen LogP contribution is -2.10. The Morgan fingerprint density at radius 3 is 2.72 bits per heavy atom. The largest absolute Gasteiger partial charge is 0.338 e. The minimum atomic E-state index is -0.108. The molecule has 1 aromatic carbocycles. The van der Waals surface area contributed by atoms with Gasteiger partial charge in [-0.05, 0) is 30.7 Å². The maximum Gasteiger partial charge on any atom is 0.257 e. The Bertz CT molecular complexity index is 622. The van der Waals surface area contributed by atoms with E-state index in [4.69, 9.17) is 0 Å². The molecule has 1 aliphatic rings. The van der Waals surface area contributed by atoms with Crippen LogP contribution in [0.4, 0.5) is 17.2 Å². The Balaban J connectivity index is 2.13. The zero-order chi connectivity index (χ0) is 12.5. The molecule has 4 nitrogen and oxygen atoms in total. The standard InChI is InChI=1S/C14H13N3O/c1-2-9-7-8-12-13(15-9)16-11-6-4-3-5-10(11)14(18)17-12/h3-8H,2H2,1H3,(H,15,16)(H,17,18). The summed E-state index contributed by atoms with van der Waals surface area (Å²) in [5.74, 6) is 0.593. The number of nitrogens with one attached hydrogen (secondary N) is 2. The highest BCUT2D eigenvalue weighted by Crippen LogP contribution is 2.30. The van der Waals surface area contributed by atoms with E-state index < -0.39 is 0 Å². The van der Waals surface area contributed by atoms with Gasteiger partial charge in [-0.1, -0.05) is 19.1 Å². The van der Waals surface area contributed by atoms with E-state index in [0.29, 0.717) is 17.1 Å². The first kappa shape index (κ1) is 10.8. The molecule has 0 saturated heterocycles.